The van der Waals surface area contributed by atoms with Crippen molar-refractivity contribution in [2.45, 2.75) is 6.92 Å². The Balaban J connectivity index is 2.83. The number of hydrogen-bond donors (Lipinski definition) is 0. The Bertz CT molecular complexity index is 47.9. The molecule has 0 bridgehead atoms. The second kappa shape index (κ2) is 3.36. The minimum Gasteiger partial charge on any atom is -0.121 e. The van der Waals surface area contributed by atoms with E-state index in [1.54, 1.807) is 0 Å². The average Bonchev–Trinajstić information content (AvgIpc) is 1.35. The zero-order chi connectivity index (χ0) is 4.99. The van der Waals surface area contributed by atoms with E-state index in [4.69, 9.17) is 0 Å². The van der Waals surface area contributed by atoms with Gasteiger partial charge in [0, 0.05) is 0 Å². The van der Waals surface area contributed by atoms with Crippen LogP contribution in [-0.2, 0) is 0 Å². The largest absolute Gasteiger partial charge is 0.121 e. The van der Waals surface area contributed by atoms with E-state index in [0.29, 0.717) is 0 Å². The van der Waals surface area contributed by atoms with Crippen molar-refractivity contribution in [2.75, 3.05) is 12.8 Å². The van der Waals surface area contributed by atoms with Crippen molar-refractivity contribution < 1.29 is 0 Å². The normalized spacial score (nSPS) is 10.3. The van der Waals surface area contributed by atoms with Crippen LogP contribution >= 0.6 is 8.58 Å². The van der Waals surface area contributed by atoms with Gasteiger partial charge in [-0.1, -0.05) is 12.2 Å². The zero-order valence-corrected chi connectivity index (χ0v) is 5.41. The molecule has 0 N–H and O–H groups in total. The smallest absolute Gasteiger partial charge is 0.0150 e. The van der Waals surface area contributed by atoms with Gasteiger partial charge in [0.2, 0.25) is 0 Å². The predicted molar refractivity (Wildman–Crippen MR) is 33.9 cm³/mol. The van der Waals surface area contributed by atoms with Crippen molar-refractivity contribution in [3.8, 4) is 0 Å². The van der Waals surface area contributed by atoms with Gasteiger partial charge in [-0.05, 0) is 19.8 Å². The molecule has 0 amide bonds. The SMILES string of the molecule is C=C(C)CPC. The van der Waals surface area contributed by atoms with Crippen LogP contribution in [0.1, 0.15) is 6.92 Å². The maximum Gasteiger partial charge on any atom is -0.0150 e. The topological polar surface area (TPSA) is 0 Å². The Hall–Kier alpha value is 0.170. The summed E-state index contributed by atoms with van der Waals surface area (Å²) in [5.74, 6) is 0. The second-order valence-electron chi connectivity index (χ2n) is 1.49. The third-order valence-electron chi connectivity index (χ3n) is 0.479. The minimum absolute atomic E-state index is 1.04. The third kappa shape index (κ3) is 4.17. The molecule has 36 valence electrons. The average molecular weight is 102 g/mol. The van der Waals surface area contributed by atoms with Gasteiger partial charge in [0.25, 0.3) is 0 Å². The molecular weight excluding hydrogens is 91.0 g/mol. The Kier molecular flexibility index (Phi) is 3.46. The molecule has 0 aliphatic carbocycles. The molecule has 1 heteroatoms. The molecule has 0 aliphatic heterocycles. The van der Waals surface area contributed by atoms with Crippen molar-refractivity contribution in [1.82, 2.24) is 0 Å². The number of hydrogen-bond acceptors (Lipinski definition) is 0. The lowest BCUT2D eigenvalue weighted by atomic mass is 10.4. The van der Waals surface area contributed by atoms with Crippen molar-refractivity contribution in [2.24, 2.45) is 0 Å². The fourth-order valence-electron chi connectivity index (χ4n) is 0.302. The van der Waals surface area contributed by atoms with E-state index in [1.165, 1.54) is 11.7 Å². The summed E-state index contributed by atoms with van der Waals surface area (Å²) in [5.41, 5.74) is 1.30. The molecule has 0 radical (unpaired) electrons. The van der Waals surface area contributed by atoms with Crippen molar-refractivity contribution in [3.05, 3.63) is 12.2 Å². The van der Waals surface area contributed by atoms with Gasteiger partial charge in [0.1, 0.15) is 0 Å². The highest BCUT2D eigenvalue weighted by Gasteiger charge is 1.75. The van der Waals surface area contributed by atoms with E-state index in [0.717, 1.165) is 8.58 Å². The van der Waals surface area contributed by atoms with Gasteiger partial charge in [-0.15, -0.1) is 8.58 Å². The molecular formula is C5H11P. The van der Waals surface area contributed by atoms with Crippen LogP contribution in [0.25, 0.3) is 0 Å². The van der Waals surface area contributed by atoms with Crippen LogP contribution in [0, 0.1) is 0 Å². The van der Waals surface area contributed by atoms with E-state index >= 15 is 0 Å². The molecule has 0 aliphatic rings. The minimum atomic E-state index is 1.04. The molecule has 0 saturated heterocycles. The molecule has 0 heterocycles. The molecule has 1 unspecified atom stereocenters. The molecule has 0 nitrogen and oxygen atoms in total. The van der Waals surface area contributed by atoms with Crippen LogP contribution < -0.4 is 0 Å². The Morgan fingerprint density at radius 2 is 2.33 bits per heavy atom. The van der Waals surface area contributed by atoms with E-state index in [2.05, 4.69) is 20.2 Å². The molecule has 0 aromatic heterocycles. The maximum atomic E-state index is 3.75. The van der Waals surface area contributed by atoms with E-state index in [1.807, 2.05) is 0 Å². The Morgan fingerprint density at radius 3 is 2.33 bits per heavy atom. The van der Waals surface area contributed by atoms with Crippen LogP contribution in [0.15, 0.2) is 12.2 Å². The van der Waals surface area contributed by atoms with Gasteiger partial charge < -0.3 is 0 Å². The fourth-order valence-corrected chi connectivity index (χ4v) is 0.905. The highest BCUT2D eigenvalue weighted by Crippen LogP contribution is 2.05. The quantitative estimate of drug-likeness (QED) is 0.369. The van der Waals surface area contributed by atoms with Crippen LogP contribution in [0.4, 0.5) is 0 Å². The van der Waals surface area contributed by atoms with Crippen LogP contribution in [0.3, 0.4) is 0 Å². The summed E-state index contributed by atoms with van der Waals surface area (Å²) in [6.45, 7) is 8.01. The standard InChI is InChI=1S/C5H11P/c1-5(2)4-6-3/h6H,1,4H2,2-3H3. The van der Waals surface area contributed by atoms with E-state index < -0.39 is 0 Å². The molecule has 6 heavy (non-hydrogen) atoms. The molecule has 0 rings (SSSR count). The molecule has 1 atom stereocenters. The summed E-state index contributed by atoms with van der Waals surface area (Å²) in [4.78, 5) is 0. The van der Waals surface area contributed by atoms with Crippen LogP contribution in [0.2, 0.25) is 0 Å². The summed E-state index contributed by atoms with van der Waals surface area (Å²) in [7, 11) is 1.04. The summed E-state index contributed by atoms with van der Waals surface area (Å²) in [6.07, 6.45) is 1.21. The van der Waals surface area contributed by atoms with Crippen molar-refractivity contribution in [3.63, 3.8) is 0 Å². The van der Waals surface area contributed by atoms with Gasteiger partial charge in [-0.25, -0.2) is 0 Å². The lowest BCUT2D eigenvalue weighted by molar-refractivity contribution is 1.44. The number of rotatable bonds is 2. The van der Waals surface area contributed by atoms with Crippen molar-refractivity contribution in [1.29, 1.82) is 0 Å². The monoisotopic (exact) mass is 102 g/mol. The summed E-state index contributed by atoms with van der Waals surface area (Å²) in [5, 5.41) is 0. The molecule has 0 spiro atoms. The lowest BCUT2D eigenvalue weighted by Gasteiger charge is -1.87. The van der Waals surface area contributed by atoms with Gasteiger partial charge in [-0.3, -0.25) is 0 Å². The Morgan fingerprint density at radius 1 is 1.83 bits per heavy atom. The first-order chi connectivity index (χ1) is 2.77. The first-order valence-electron chi connectivity index (χ1n) is 2.06. The summed E-state index contributed by atoms with van der Waals surface area (Å²) >= 11 is 0. The second-order valence-corrected chi connectivity index (χ2v) is 2.55. The van der Waals surface area contributed by atoms with Gasteiger partial charge in [-0.2, -0.15) is 0 Å². The molecule has 0 saturated carbocycles. The number of allylic oxidation sites excluding steroid dienone is 1. The Labute approximate surface area is 41.4 Å². The maximum absolute atomic E-state index is 3.75. The molecule has 0 aromatic rings. The van der Waals surface area contributed by atoms with Gasteiger partial charge >= 0.3 is 0 Å². The first kappa shape index (κ1) is 6.17. The fraction of sp³-hybridized carbons (Fsp3) is 0.600. The summed E-state index contributed by atoms with van der Waals surface area (Å²) in [6, 6.07) is 0. The van der Waals surface area contributed by atoms with Crippen LogP contribution in [-0.4, -0.2) is 12.8 Å². The molecule has 0 fully saturated rings. The lowest BCUT2D eigenvalue weighted by Crippen LogP contribution is -1.70. The van der Waals surface area contributed by atoms with Gasteiger partial charge in [0.05, 0.1) is 0 Å². The van der Waals surface area contributed by atoms with Gasteiger partial charge in [0.15, 0.2) is 0 Å². The van der Waals surface area contributed by atoms with E-state index in [-0.39, 0.29) is 0 Å². The first-order valence-corrected chi connectivity index (χ1v) is 3.77. The summed E-state index contributed by atoms with van der Waals surface area (Å²) < 4.78 is 0. The van der Waals surface area contributed by atoms with Crippen molar-refractivity contribution >= 4 is 8.58 Å². The zero-order valence-electron chi connectivity index (χ0n) is 4.41. The van der Waals surface area contributed by atoms with Crippen LogP contribution in [0.5, 0.6) is 0 Å². The highest BCUT2D eigenvalue weighted by molar-refractivity contribution is 7.37. The third-order valence-corrected chi connectivity index (χ3v) is 1.44. The van der Waals surface area contributed by atoms with E-state index in [9.17, 15) is 0 Å². The highest BCUT2D eigenvalue weighted by atomic mass is 31.1. The predicted octanol–water partition coefficient (Wildman–Crippen LogP) is 1.87. The molecule has 0 aromatic carbocycles.